The summed E-state index contributed by atoms with van der Waals surface area (Å²) in [7, 11) is 0. The third-order valence-corrected chi connectivity index (χ3v) is 1.07. The molecule has 1 fully saturated rings. The molecule has 2 unspecified atom stereocenters. The molecule has 0 amide bonds. The second-order valence-corrected chi connectivity index (χ2v) is 1.83. The zero-order valence-corrected chi connectivity index (χ0v) is 4.42. The molecule has 44 valence electrons. The Morgan fingerprint density at radius 1 is 1.75 bits per heavy atom. The van der Waals surface area contributed by atoms with Crippen molar-refractivity contribution in [3.05, 3.63) is 0 Å². The normalized spacial score (nSPS) is 41.9. The molecule has 0 spiro atoms. The Labute approximate surface area is 46.4 Å². The SMILES string of the molecule is CC1=NC2OC2ON1. The number of nitrogens with zero attached hydrogens (tertiary/aromatic N) is 1. The van der Waals surface area contributed by atoms with E-state index in [0.29, 0.717) is 0 Å². The van der Waals surface area contributed by atoms with Gasteiger partial charge in [0.1, 0.15) is 5.84 Å². The van der Waals surface area contributed by atoms with E-state index >= 15 is 0 Å². The Morgan fingerprint density at radius 3 is 3.25 bits per heavy atom. The molecule has 2 aliphatic rings. The number of hydrogen-bond donors (Lipinski definition) is 1. The number of nitrogens with one attached hydrogen (secondary N) is 1. The van der Waals surface area contributed by atoms with Gasteiger partial charge in [-0.3, -0.25) is 5.48 Å². The maximum Gasteiger partial charge on any atom is 0.232 e. The molecular formula is C4H6N2O2. The van der Waals surface area contributed by atoms with Gasteiger partial charge in [-0.05, 0) is 6.92 Å². The summed E-state index contributed by atoms with van der Waals surface area (Å²) in [5, 5.41) is 0. The molecule has 8 heavy (non-hydrogen) atoms. The number of rotatable bonds is 0. The van der Waals surface area contributed by atoms with E-state index in [1.807, 2.05) is 6.92 Å². The Kier molecular flexibility index (Phi) is 0.648. The van der Waals surface area contributed by atoms with Crippen LogP contribution in [0.15, 0.2) is 4.99 Å². The highest BCUT2D eigenvalue weighted by Crippen LogP contribution is 2.25. The first-order chi connectivity index (χ1) is 3.86. The van der Waals surface area contributed by atoms with E-state index in [1.54, 1.807) is 0 Å². The fraction of sp³-hybridized carbons (Fsp3) is 0.750. The van der Waals surface area contributed by atoms with Crippen LogP contribution in [-0.4, -0.2) is 18.4 Å². The summed E-state index contributed by atoms with van der Waals surface area (Å²) < 4.78 is 4.88. The molecule has 2 aliphatic heterocycles. The smallest absolute Gasteiger partial charge is 0.232 e. The van der Waals surface area contributed by atoms with E-state index < -0.39 is 0 Å². The average Bonchev–Trinajstić information content (AvgIpc) is 2.43. The van der Waals surface area contributed by atoms with Gasteiger partial charge >= 0.3 is 0 Å². The summed E-state index contributed by atoms with van der Waals surface area (Å²) in [4.78, 5) is 8.88. The molecule has 1 saturated heterocycles. The molecule has 0 radical (unpaired) electrons. The zero-order valence-electron chi connectivity index (χ0n) is 4.42. The van der Waals surface area contributed by atoms with Crippen molar-refractivity contribution in [2.75, 3.05) is 0 Å². The highest BCUT2D eigenvalue weighted by molar-refractivity contribution is 5.79. The van der Waals surface area contributed by atoms with E-state index in [1.165, 1.54) is 0 Å². The summed E-state index contributed by atoms with van der Waals surface area (Å²) >= 11 is 0. The zero-order chi connectivity index (χ0) is 5.56. The minimum absolute atomic E-state index is 0.0174. The predicted molar refractivity (Wildman–Crippen MR) is 26.0 cm³/mol. The summed E-state index contributed by atoms with van der Waals surface area (Å²) in [6, 6.07) is 0. The van der Waals surface area contributed by atoms with Gasteiger partial charge < -0.3 is 4.74 Å². The Hall–Kier alpha value is -0.610. The van der Waals surface area contributed by atoms with Crippen LogP contribution in [0.2, 0.25) is 0 Å². The lowest BCUT2D eigenvalue weighted by atomic mass is 10.6. The minimum Gasteiger partial charge on any atom is -0.315 e. The van der Waals surface area contributed by atoms with Crippen LogP contribution in [-0.2, 0) is 9.57 Å². The lowest BCUT2D eigenvalue weighted by Crippen LogP contribution is -2.27. The van der Waals surface area contributed by atoms with Gasteiger partial charge in [-0.1, -0.05) is 0 Å². The molecule has 0 saturated carbocycles. The molecule has 2 atom stereocenters. The van der Waals surface area contributed by atoms with E-state index in [-0.39, 0.29) is 12.5 Å². The summed E-state index contributed by atoms with van der Waals surface area (Å²) in [6.45, 7) is 1.83. The lowest BCUT2D eigenvalue weighted by molar-refractivity contribution is 0.00840. The fourth-order valence-electron chi connectivity index (χ4n) is 0.630. The van der Waals surface area contributed by atoms with Crippen molar-refractivity contribution < 1.29 is 9.57 Å². The molecule has 4 heteroatoms. The van der Waals surface area contributed by atoms with Crippen LogP contribution in [0.5, 0.6) is 0 Å². The van der Waals surface area contributed by atoms with Gasteiger partial charge in [0.15, 0.2) is 0 Å². The monoisotopic (exact) mass is 114 g/mol. The van der Waals surface area contributed by atoms with Gasteiger partial charge in [0.05, 0.1) is 0 Å². The molecule has 0 aliphatic carbocycles. The van der Waals surface area contributed by atoms with Crippen molar-refractivity contribution in [3.63, 3.8) is 0 Å². The second kappa shape index (κ2) is 1.21. The number of aliphatic imine (C=N–C) groups is 1. The highest BCUT2D eigenvalue weighted by Gasteiger charge is 2.43. The minimum atomic E-state index is -0.112. The van der Waals surface area contributed by atoms with Crippen LogP contribution in [0.1, 0.15) is 6.92 Å². The summed E-state index contributed by atoms with van der Waals surface area (Å²) in [6.07, 6.45) is -0.130. The predicted octanol–water partition coefficient (Wildman–Crippen LogP) is -0.378. The first-order valence-corrected chi connectivity index (χ1v) is 2.48. The first-order valence-electron chi connectivity index (χ1n) is 2.48. The van der Waals surface area contributed by atoms with Crippen LogP contribution < -0.4 is 5.48 Å². The molecule has 1 N–H and O–H groups in total. The van der Waals surface area contributed by atoms with E-state index in [9.17, 15) is 0 Å². The topological polar surface area (TPSA) is 46.2 Å². The number of epoxide rings is 1. The first kappa shape index (κ1) is 4.29. The Bertz CT molecular complexity index is 145. The Balaban J connectivity index is 2.15. The Morgan fingerprint density at radius 2 is 2.62 bits per heavy atom. The van der Waals surface area contributed by atoms with Crippen LogP contribution >= 0.6 is 0 Å². The molecular weight excluding hydrogens is 108 g/mol. The van der Waals surface area contributed by atoms with Crippen molar-refractivity contribution in [2.24, 2.45) is 4.99 Å². The number of amidine groups is 1. The van der Waals surface area contributed by atoms with Crippen LogP contribution in [0.25, 0.3) is 0 Å². The van der Waals surface area contributed by atoms with Crippen molar-refractivity contribution in [1.82, 2.24) is 5.48 Å². The third-order valence-electron chi connectivity index (χ3n) is 1.07. The van der Waals surface area contributed by atoms with E-state index in [2.05, 4.69) is 10.5 Å². The van der Waals surface area contributed by atoms with Crippen molar-refractivity contribution in [3.8, 4) is 0 Å². The molecule has 0 aromatic heterocycles. The standard InChI is InChI=1S/C4H6N2O2/c1-2-5-3-4(7-3)8-6-2/h3-4H,1H3,(H,5,6). The number of fused-ring (bicyclic) bond motifs is 1. The maximum absolute atomic E-state index is 4.88. The highest BCUT2D eigenvalue weighted by atomic mass is 16.8. The largest absolute Gasteiger partial charge is 0.315 e. The fourth-order valence-corrected chi connectivity index (χ4v) is 0.630. The number of hydroxylamine groups is 1. The van der Waals surface area contributed by atoms with Crippen LogP contribution in [0.3, 0.4) is 0 Å². The number of hydrogen-bond acceptors (Lipinski definition) is 4. The molecule has 4 nitrogen and oxygen atoms in total. The molecule has 2 rings (SSSR count). The van der Waals surface area contributed by atoms with Crippen molar-refractivity contribution >= 4 is 5.84 Å². The van der Waals surface area contributed by atoms with Crippen molar-refractivity contribution in [2.45, 2.75) is 19.4 Å². The van der Waals surface area contributed by atoms with E-state index in [4.69, 9.17) is 9.57 Å². The quantitative estimate of drug-likeness (QED) is 0.437. The van der Waals surface area contributed by atoms with E-state index in [0.717, 1.165) is 5.84 Å². The molecule has 0 aromatic rings. The maximum atomic E-state index is 4.88. The van der Waals surface area contributed by atoms with Gasteiger partial charge in [-0.15, -0.1) is 0 Å². The van der Waals surface area contributed by atoms with Gasteiger partial charge in [-0.25, -0.2) is 9.83 Å². The van der Waals surface area contributed by atoms with Gasteiger partial charge in [0.25, 0.3) is 0 Å². The molecule has 0 aromatic carbocycles. The van der Waals surface area contributed by atoms with Crippen molar-refractivity contribution in [1.29, 1.82) is 0 Å². The molecule has 0 bridgehead atoms. The van der Waals surface area contributed by atoms with Gasteiger partial charge in [0, 0.05) is 0 Å². The van der Waals surface area contributed by atoms with Gasteiger partial charge in [-0.2, -0.15) is 0 Å². The van der Waals surface area contributed by atoms with Gasteiger partial charge in [0.2, 0.25) is 12.5 Å². The summed E-state index contributed by atoms with van der Waals surface area (Å²) in [5.74, 6) is 0.781. The lowest BCUT2D eigenvalue weighted by Gasteiger charge is -2.05. The average molecular weight is 114 g/mol. The van der Waals surface area contributed by atoms with Crippen LogP contribution in [0.4, 0.5) is 0 Å². The second-order valence-electron chi connectivity index (χ2n) is 1.83. The summed E-state index contributed by atoms with van der Waals surface area (Å²) in [5.41, 5.74) is 2.60. The van der Waals surface area contributed by atoms with Crippen LogP contribution in [0, 0.1) is 0 Å². The number of ether oxygens (including phenoxy) is 1. The molecule has 2 heterocycles. The third kappa shape index (κ3) is 0.502.